The van der Waals surface area contributed by atoms with E-state index in [-0.39, 0.29) is 11.1 Å². The topological polar surface area (TPSA) is 57.4 Å². The summed E-state index contributed by atoms with van der Waals surface area (Å²) in [5, 5.41) is 2.48. The predicted octanol–water partition coefficient (Wildman–Crippen LogP) is 1.92. The van der Waals surface area contributed by atoms with Crippen LogP contribution in [0.25, 0.3) is 10.9 Å². The van der Waals surface area contributed by atoms with Gasteiger partial charge in [0.25, 0.3) is 0 Å². The third kappa shape index (κ3) is 3.19. The molecule has 1 atom stereocenters. The molecule has 1 aliphatic rings. The van der Waals surface area contributed by atoms with Gasteiger partial charge in [-0.3, -0.25) is 0 Å². The largest absolute Gasteiger partial charge is 0.447 e. The van der Waals surface area contributed by atoms with E-state index < -0.39 is 45.0 Å². The second-order valence-electron chi connectivity index (χ2n) is 4.72. The Kier molecular flexibility index (Phi) is 1.88. The van der Waals surface area contributed by atoms with E-state index in [0.29, 0.717) is 10.9 Å². The highest BCUT2D eigenvalue weighted by molar-refractivity contribution is 5.84. The van der Waals surface area contributed by atoms with E-state index in [1.165, 1.54) is 31.4 Å². The van der Waals surface area contributed by atoms with E-state index in [2.05, 4.69) is 15.0 Å². The van der Waals surface area contributed by atoms with Gasteiger partial charge in [0, 0.05) is 33.2 Å². The predicted molar refractivity (Wildman–Crippen MR) is 82.5 cm³/mol. The summed E-state index contributed by atoms with van der Waals surface area (Å²) in [6, 6.07) is 2.68. The van der Waals surface area contributed by atoms with E-state index in [1.54, 1.807) is 0 Å². The van der Waals surface area contributed by atoms with Crippen LogP contribution in [-0.2, 0) is 17.5 Å². The van der Waals surface area contributed by atoms with E-state index in [4.69, 9.17) is 12.3 Å². The van der Waals surface area contributed by atoms with E-state index in [0.717, 1.165) is 4.90 Å². The molecule has 2 aromatic rings. The molecule has 0 bridgehead atoms. The molecule has 1 aromatic carbocycles. The standard InChI is InChI=1S/C16H21N3O2/c1-19(2)6-5-12-9-17-15-4-3-11(8-14(12)15)7-13-10-21-16(20)18-13/h3-4,8-9,13,17H,5-7,10H2,1-2H3,(H,18,20)/t13-/m0/s1/i1D3,5D2,7D2,10D2. The van der Waals surface area contributed by atoms with Gasteiger partial charge in [0.05, 0.1) is 8.78 Å². The number of hydrogen-bond donors (Lipinski definition) is 2. The fraction of sp³-hybridized carbons (Fsp3) is 0.438. The van der Waals surface area contributed by atoms with E-state index in [9.17, 15) is 4.79 Å². The molecule has 0 spiro atoms. The summed E-state index contributed by atoms with van der Waals surface area (Å²) >= 11 is 0. The van der Waals surface area contributed by atoms with Crippen molar-refractivity contribution in [2.24, 2.45) is 0 Å². The van der Waals surface area contributed by atoms with Crippen molar-refractivity contribution in [3.63, 3.8) is 0 Å². The number of benzene rings is 1. The van der Waals surface area contributed by atoms with Crippen molar-refractivity contribution in [3.05, 3.63) is 35.5 Å². The molecule has 3 rings (SSSR count). The number of hydrogen-bond acceptors (Lipinski definition) is 3. The Balaban J connectivity index is 2.02. The molecular formula is C16H21N3O2. The van der Waals surface area contributed by atoms with Gasteiger partial charge in [0.1, 0.15) is 6.56 Å². The molecule has 1 aliphatic heterocycles. The van der Waals surface area contributed by atoms with Gasteiger partial charge < -0.3 is 19.9 Å². The number of amides is 1. The quantitative estimate of drug-likeness (QED) is 0.886. The maximum absolute atomic E-state index is 11.4. The summed E-state index contributed by atoms with van der Waals surface area (Å²) in [6.07, 6.45) is -4.12. The minimum Gasteiger partial charge on any atom is -0.447 e. The molecule has 2 N–H and O–H groups in total. The molecule has 1 saturated heterocycles. The molecule has 1 amide bonds. The van der Waals surface area contributed by atoms with Gasteiger partial charge >= 0.3 is 6.09 Å². The molecule has 5 nitrogen and oxygen atoms in total. The lowest BCUT2D eigenvalue weighted by Crippen LogP contribution is -2.28. The van der Waals surface area contributed by atoms with Crippen LogP contribution < -0.4 is 5.32 Å². The van der Waals surface area contributed by atoms with Crippen LogP contribution in [0.4, 0.5) is 4.79 Å². The summed E-state index contributed by atoms with van der Waals surface area (Å²) in [7, 11) is 1.29. The molecule has 5 heteroatoms. The molecule has 0 aliphatic carbocycles. The summed E-state index contributed by atoms with van der Waals surface area (Å²) in [5.74, 6) is 0. The Bertz CT molecular complexity index is 971. The van der Waals surface area contributed by atoms with Crippen LogP contribution >= 0.6 is 0 Å². The number of ether oxygens (including phenoxy) is 1. The fourth-order valence-electron chi connectivity index (χ4n) is 2.08. The minimum atomic E-state index is -2.58. The number of aromatic nitrogens is 1. The summed E-state index contributed by atoms with van der Waals surface area (Å²) in [5.41, 5.74) is 0.649. The number of rotatable bonds is 5. The number of H-pyrrole nitrogens is 1. The Hall–Kier alpha value is -2.01. The van der Waals surface area contributed by atoms with Crippen molar-refractivity contribution in [3.8, 4) is 0 Å². The van der Waals surface area contributed by atoms with E-state index >= 15 is 0 Å². The van der Waals surface area contributed by atoms with Gasteiger partial charge in [0.15, 0.2) is 0 Å². The van der Waals surface area contributed by atoms with Gasteiger partial charge in [-0.1, -0.05) is 6.07 Å². The third-order valence-electron chi connectivity index (χ3n) is 3.03. The van der Waals surface area contributed by atoms with Crippen molar-refractivity contribution in [2.45, 2.75) is 18.8 Å². The molecule has 0 unspecified atom stereocenters. The average molecular weight is 296 g/mol. The van der Waals surface area contributed by atoms with E-state index in [1.807, 2.05) is 0 Å². The van der Waals surface area contributed by atoms with Crippen LogP contribution in [0.2, 0.25) is 0 Å². The number of fused-ring (bicyclic) bond motifs is 1. The van der Waals surface area contributed by atoms with Crippen LogP contribution in [0.3, 0.4) is 0 Å². The van der Waals surface area contributed by atoms with Crippen molar-refractivity contribution >= 4 is 17.0 Å². The highest BCUT2D eigenvalue weighted by Gasteiger charge is 2.22. The van der Waals surface area contributed by atoms with Gasteiger partial charge in [-0.15, -0.1) is 0 Å². The smallest absolute Gasteiger partial charge is 0.407 e. The molecule has 1 aromatic heterocycles. The highest BCUT2D eigenvalue weighted by atomic mass is 16.6. The first-order valence-electron chi connectivity index (χ1n) is 10.9. The number of alkyl carbamates (subject to hydrolysis) is 1. The van der Waals surface area contributed by atoms with Gasteiger partial charge in [-0.05, 0) is 50.0 Å². The lowest BCUT2D eigenvalue weighted by molar-refractivity contribution is 0.177. The molecule has 112 valence electrons. The first-order valence-corrected chi connectivity index (χ1v) is 6.38. The Morgan fingerprint density at radius 3 is 3.29 bits per heavy atom. The monoisotopic (exact) mass is 296 g/mol. The number of nitrogens with one attached hydrogen (secondary N) is 2. The summed E-state index contributed by atoms with van der Waals surface area (Å²) in [4.78, 5) is 15.2. The van der Waals surface area contributed by atoms with Crippen molar-refractivity contribution in [1.29, 1.82) is 0 Å². The lowest BCUT2D eigenvalue weighted by atomic mass is 10.0. The van der Waals surface area contributed by atoms with Crippen LogP contribution in [0.5, 0.6) is 0 Å². The van der Waals surface area contributed by atoms with Gasteiger partial charge in [-0.25, -0.2) is 4.79 Å². The Morgan fingerprint density at radius 2 is 2.52 bits per heavy atom. The van der Waals surface area contributed by atoms with Gasteiger partial charge in [0.2, 0.25) is 0 Å². The first-order chi connectivity index (χ1) is 13.6. The molecule has 2 heterocycles. The molecule has 0 saturated carbocycles. The Labute approximate surface area is 136 Å². The van der Waals surface area contributed by atoms with Crippen molar-refractivity contribution in [2.75, 3.05) is 27.1 Å². The average Bonchev–Trinajstić information content (AvgIpc) is 3.13. The summed E-state index contributed by atoms with van der Waals surface area (Å²) in [6.45, 7) is -5.48. The SMILES string of the molecule is [2H]C([2H])(CN(C)C([2H])([2H])[2H])c1c[nH]c2ccc(C([2H])([2H])[C@@H]3NC(=O)OC3([2H])[2H])cc12. The molecule has 0 radical (unpaired) electrons. The second kappa shape index (κ2) is 5.77. The van der Waals surface area contributed by atoms with Crippen LogP contribution in [0.1, 0.15) is 23.5 Å². The molecule has 1 fully saturated rings. The number of likely N-dealkylation sites (N-methyl/N-ethyl adjacent to an activating group) is 1. The number of cyclic esters (lactones) is 1. The van der Waals surface area contributed by atoms with Crippen LogP contribution in [0, 0.1) is 0 Å². The number of nitrogens with zero attached hydrogens (tertiary/aromatic N) is 1. The zero-order valence-electron chi connectivity index (χ0n) is 20.4. The minimum absolute atomic E-state index is 0.00972. The second-order valence-corrected chi connectivity index (χ2v) is 4.72. The van der Waals surface area contributed by atoms with Gasteiger partial charge in [-0.2, -0.15) is 0 Å². The van der Waals surface area contributed by atoms with Crippen LogP contribution in [-0.4, -0.2) is 49.1 Å². The zero-order valence-corrected chi connectivity index (χ0v) is 11.4. The summed E-state index contributed by atoms with van der Waals surface area (Å²) < 4.78 is 75.9. The fourth-order valence-corrected chi connectivity index (χ4v) is 2.08. The lowest BCUT2D eigenvalue weighted by Gasteiger charge is -2.09. The normalized spacial score (nSPS) is 29.0. The zero-order chi connectivity index (χ0) is 22.7. The number of carbonyl (C=O) groups excluding carboxylic acids is 1. The van der Waals surface area contributed by atoms with Crippen LogP contribution in [0.15, 0.2) is 24.4 Å². The molecule has 21 heavy (non-hydrogen) atoms. The Morgan fingerprint density at radius 1 is 1.62 bits per heavy atom. The molecular weight excluding hydrogens is 266 g/mol. The number of aromatic amines is 1. The number of carbonyl (C=O) groups is 1. The van der Waals surface area contributed by atoms with Crippen molar-refractivity contribution in [1.82, 2.24) is 15.2 Å². The maximum atomic E-state index is 11.4. The first kappa shape index (κ1) is 6.83. The highest BCUT2D eigenvalue weighted by Crippen LogP contribution is 2.21. The third-order valence-corrected chi connectivity index (χ3v) is 3.03. The van der Waals surface area contributed by atoms with Crippen molar-refractivity contribution < 1.29 is 21.9 Å². The maximum Gasteiger partial charge on any atom is 0.407 e.